The van der Waals surface area contributed by atoms with Crippen molar-refractivity contribution in [1.82, 2.24) is 29.6 Å². The maximum atomic E-state index is 13.0. The molecule has 1 amide bonds. The fraction of sp³-hybridized carbons (Fsp3) is 0.393. The summed E-state index contributed by atoms with van der Waals surface area (Å²) in [6, 6.07) is 9.65. The summed E-state index contributed by atoms with van der Waals surface area (Å²) in [6.07, 6.45) is 9.15. The van der Waals surface area contributed by atoms with E-state index in [9.17, 15) is 4.79 Å². The number of carbonyl (C=O) groups excluding carboxylic acids is 1. The van der Waals surface area contributed by atoms with Crippen LogP contribution in [0.5, 0.6) is 0 Å². The van der Waals surface area contributed by atoms with Crippen LogP contribution in [-0.4, -0.2) is 74.9 Å². The number of benzene rings is 1. The van der Waals surface area contributed by atoms with Crippen molar-refractivity contribution in [2.24, 2.45) is 7.05 Å². The Morgan fingerprint density at radius 1 is 1.00 bits per heavy atom. The van der Waals surface area contributed by atoms with Crippen LogP contribution in [0.4, 0.5) is 11.8 Å². The summed E-state index contributed by atoms with van der Waals surface area (Å²) in [5.41, 5.74) is 4.64. The van der Waals surface area contributed by atoms with E-state index >= 15 is 0 Å². The number of likely N-dealkylation sites (tertiary alicyclic amines) is 1. The van der Waals surface area contributed by atoms with Crippen molar-refractivity contribution in [3.8, 4) is 11.1 Å². The minimum absolute atomic E-state index is 0.268. The van der Waals surface area contributed by atoms with Gasteiger partial charge in [0, 0.05) is 55.6 Å². The van der Waals surface area contributed by atoms with Crippen molar-refractivity contribution in [2.75, 3.05) is 49.6 Å². The van der Waals surface area contributed by atoms with Gasteiger partial charge in [-0.15, -0.1) is 0 Å². The molecule has 4 aromatic rings. The topological polar surface area (TPSA) is 101 Å². The lowest BCUT2D eigenvalue weighted by molar-refractivity contribution is 0.102. The number of hydrogen-bond donors (Lipinski definition) is 1. The molecule has 5 heterocycles. The minimum atomic E-state index is -0.270. The molecule has 0 spiro atoms. The second-order valence-electron chi connectivity index (χ2n) is 9.89. The fourth-order valence-corrected chi connectivity index (χ4v) is 5.17. The SMILES string of the molecule is Cn1ncc(-c2ccc3cnc(NC(=O)c4ccnc(N5CCOCC5)c4)nc3c2)c1CN1CCCCC1. The minimum Gasteiger partial charge on any atom is -0.378 e. The van der Waals surface area contributed by atoms with Crippen LogP contribution < -0.4 is 10.2 Å². The number of nitrogens with zero attached hydrogens (tertiary/aromatic N) is 7. The monoisotopic (exact) mass is 512 g/mol. The molecular weight excluding hydrogens is 480 g/mol. The number of pyridine rings is 1. The standard InChI is InChI=1S/C28H32N8O2/c1-34-25(19-35-9-3-2-4-10-35)23(18-31-34)20-5-6-22-17-30-28(32-24(22)15-20)33-27(37)21-7-8-29-26(16-21)36-11-13-38-14-12-36/h5-8,15-18H,2-4,9-14,19H2,1H3,(H,30,32,33,37). The van der Waals surface area contributed by atoms with E-state index in [1.807, 2.05) is 30.1 Å². The number of nitrogens with one attached hydrogen (secondary N) is 1. The number of rotatable bonds is 6. The number of hydrogen-bond acceptors (Lipinski definition) is 8. The van der Waals surface area contributed by atoms with E-state index in [0.717, 1.165) is 60.6 Å². The van der Waals surface area contributed by atoms with Gasteiger partial charge in [-0.25, -0.2) is 15.0 Å². The molecule has 0 radical (unpaired) electrons. The lowest BCUT2D eigenvalue weighted by Crippen LogP contribution is -2.36. The van der Waals surface area contributed by atoms with Crippen LogP contribution in [-0.2, 0) is 18.3 Å². The van der Waals surface area contributed by atoms with Crippen molar-refractivity contribution in [1.29, 1.82) is 0 Å². The molecule has 2 aliphatic rings. The molecule has 0 unspecified atom stereocenters. The smallest absolute Gasteiger partial charge is 0.258 e. The van der Waals surface area contributed by atoms with Crippen LogP contribution in [0, 0.1) is 0 Å². The molecule has 0 aliphatic carbocycles. The molecule has 2 saturated heterocycles. The summed E-state index contributed by atoms with van der Waals surface area (Å²) in [7, 11) is 2.00. The highest BCUT2D eigenvalue weighted by Crippen LogP contribution is 2.28. The van der Waals surface area contributed by atoms with Crippen LogP contribution >= 0.6 is 0 Å². The second-order valence-corrected chi connectivity index (χ2v) is 9.89. The van der Waals surface area contributed by atoms with Crippen molar-refractivity contribution < 1.29 is 9.53 Å². The number of piperidine rings is 1. The molecule has 0 bridgehead atoms. The van der Waals surface area contributed by atoms with Gasteiger partial charge in [0.2, 0.25) is 5.95 Å². The van der Waals surface area contributed by atoms with Crippen LogP contribution in [0.2, 0.25) is 0 Å². The van der Waals surface area contributed by atoms with Crippen LogP contribution in [0.15, 0.2) is 48.9 Å². The van der Waals surface area contributed by atoms with E-state index in [4.69, 9.17) is 4.74 Å². The lowest BCUT2D eigenvalue weighted by Gasteiger charge is -2.27. The summed E-state index contributed by atoms with van der Waals surface area (Å²) in [5, 5.41) is 8.32. The van der Waals surface area contributed by atoms with E-state index < -0.39 is 0 Å². The van der Waals surface area contributed by atoms with E-state index in [0.29, 0.717) is 18.8 Å². The van der Waals surface area contributed by atoms with Crippen molar-refractivity contribution in [3.63, 3.8) is 0 Å². The average Bonchev–Trinajstić information content (AvgIpc) is 3.33. The predicted molar refractivity (Wildman–Crippen MR) is 146 cm³/mol. The second kappa shape index (κ2) is 10.8. The number of aromatic nitrogens is 5. The van der Waals surface area contributed by atoms with Gasteiger partial charge in [-0.2, -0.15) is 5.10 Å². The predicted octanol–water partition coefficient (Wildman–Crippen LogP) is 3.50. The molecular formula is C28H32N8O2. The van der Waals surface area contributed by atoms with Crippen molar-refractivity contribution in [2.45, 2.75) is 25.8 Å². The fourth-order valence-electron chi connectivity index (χ4n) is 5.17. The van der Waals surface area contributed by atoms with E-state index in [1.54, 1.807) is 24.5 Å². The Morgan fingerprint density at radius 2 is 1.84 bits per heavy atom. The van der Waals surface area contributed by atoms with Crippen LogP contribution in [0.25, 0.3) is 22.0 Å². The average molecular weight is 513 g/mol. The van der Waals surface area contributed by atoms with Gasteiger partial charge < -0.3 is 9.64 Å². The zero-order valence-electron chi connectivity index (χ0n) is 21.6. The molecule has 196 valence electrons. The number of carbonyl (C=O) groups is 1. The molecule has 38 heavy (non-hydrogen) atoms. The summed E-state index contributed by atoms with van der Waals surface area (Å²) in [5.74, 6) is 0.763. The van der Waals surface area contributed by atoms with Crippen LogP contribution in [0.3, 0.4) is 0 Å². The highest BCUT2D eigenvalue weighted by molar-refractivity contribution is 6.04. The Morgan fingerprint density at radius 3 is 2.68 bits per heavy atom. The normalized spacial score (nSPS) is 16.6. The Kier molecular flexibility index (Phi) is 6.98. The Labute approximate surface area is 221 Å². The van der Waals surface area contributed by atoms with Gasteiger partial charge >= 0.3 is 0 Å². The van der Waals surface area contributed by atoms with Gasteiger partial charge in [0.25, 0.3) is 5.91 Å². The maximum absolute atomic E-state index is 13.0. The molecule has 0 atom stereocenters. The number of fused-ring (bicyclic) bond motifs is 1. The first-order chi connectivity index (χ1) is 18.6. The third kappa shape index (κ3) is 5.23. The maximum Gasteiger partial charge on any atom is 0.258 e. The number of aryl methyl sites for hydroxylation is 1. The van der Waals surface area contributed by atoms with Crippen LogP contribution in [0.1, 0.15) is 35.3 Å². The summed E-state index contributed by atoms with van der Waals surface area (Å²) in [4.78, 5) is 31.1. The number of anilines is 2. The van der Waals surface area contributed by atoms with Gasteiger partial charge in [0.15, 0.2) is 0 Å². The molecule has 6 rings (SSSR count). The lowest BCUT2D eigenvalue weighted by atomic mass is 10.0. The van der Waals surface area contributed by atoms with E-state index in [1.165, 1.54) is 25.0 Å². The molecule has 10 heteroatoms. The quantitative estimate of drug-likeness (QED) is 0.419. The Bertz CT molecular complexity index is 1440. The molecule has 1 aromatic carbocycles. The van der Waals surface area contributed by atoms with Gasteiger partial charge in [-0.3, -0.25) is 19.7 Å². The van der Waals surface area contributed by atoms with Gasteiger partial charge in [-0.1, -0.05) is 18.6 Å². The first-order valence-electron chi connectivity index (χ1n) is 13.2. The highest BCUT2D eigenvalue weighted by atomic mass is 16.5. The van der Waals surface area contributed by atoms with Gasteiger partial charge in [0.05, 0.1) is 30.6 Å². The zero-order valence-corrected chi connectivity index (χ0v) is 21.6. The first-order valence-corrected chi connectivity index (χ1v) is 13.2. The molecule has 1 N–H and O–H groups in total. The van der Waals surface area contributed by atoms with Gasteiger partial charge in [0.1, 0.15) is 5.82 Å². The number of amides is 1. The molecule has 2 fully saturated rings. The van der Waals surface area contributed by atoms with Crippen molar-refractivity contribution in [3.05, 3.63) is 60.2 Å². The Hall–Kier alpha value is -3.89. The number of morpholine rings is 1. The first kappa shape index (κ1) is 24.4. The highest BCUT2D eigenvalue weighted by Gasteiger charge is 2.18. The largest absolute Gasteiger partial charge is 0.378 e. The third-order valence-electron chi connectivity index (χ3n) is 7.35. The molecule has 0 saturated carbocycles. The third-order valence-corrected chi connectivity index (χ3v) is 7.35. The Balaban J connectivity index is 1.22. The summed E-state index contributed by atoms with van der Waals surface area (Å²) < 4.78 is 7.39. The molecule has 2 aliphatic heterocycles. The summed E-state index contributed by atoms with van der Waals surface area (Å²) >= 11 is 0. The molecule has 3 aromatic heterocycles. The summed E-state index contributed by atoms with van der Waals surface area (Å²) in [6.45, 7) is 5.96. The van der Waals surface area contributed by atoms with Crippen molar-refractivity contribution >= 4 is 28.6 Å². The van der Waals surface area contributed by atoms with E-state index in [-0.39, 0.29) is 11.9 Å². The number of ether oxygens (including phenoxy) is 1. The van der Waals surface area contributed by atoms with E-state index in [2.05, 4.69) is 41.2 Å². The van der Waals surface area contributed by atoms with Gasteiger partial charge in [-0.05, 0) is 49.7 Å². The zero-order chi connectivity index (χ0) is 25.9. The molecule has 10 nitrogen and oxygen atoms in total.